The number of morpholine rings is 1. The molecule has 0 unspecified atom stereocenters. The Labute approximate surface area is 192 Å². The largest absolute Gasteiger partial charge is 0.492 e. The number of hydrogen-bond donors (Lipinski definition) is 1. The van der Waals surface area contributed by atoms with E-state index in [4.69, 9.17) is 32.4 Å². The molecule has 7 nitrogen and oxygen atoms in total. The van der Waals surface area contributed by atoms with Crippen molar-refractivity contribution in [1.82, 2.24) is 19.5 Å². The zero-order valence-corrected chi connectivity index (χ0v) is 19.2. The first-order chi connectivity index (χ1) is 14.9. The van der Waals surface area contributed by atoms with E-state index in [0.717, 1.165) is 5.56 Å². The average Bonchev–Trinajstić information content (AvgIpc) is 3.42. The first-order valence-corrected chi connectivity index (χ1v) is 11.4. The van der Waals surface area contributed by atoms with E-state index in [1.165, 1.54) is 15.9 Å². The maximum Gasteiger partial charge on any atom is 0.230 e. The molecule has 1 saturated heterocycles. The minimum atomic E-state index is -0.292. The smallest absolute Gasteiger partial charge is 0.230 e. The van der Waals surface area contributed by atoms with Crippen LogP contribution in [0.4, 0.5) is 0 Å². The summed E-state index contributed by atoms with van der Waals surface area (Å²) >= 11 is 14.1. The highest BCUT2D eigenvalue weighted by Crippen LogP contribution is 2.43. The molecular weight excluding hydrogens is 459 g/mol. The Bertz CT molecular complexity index is 1210. The lowest BCUT2D eigenvalue weighted by Gasteiger charge is -2.40. The van der Waals surface area contributed by atoms with Crippen LogP contribution in [0.2, 0.25) is 10.0 Å². The molecule has 0 radical (unpaired) electrons. The quantitative estimate of drug-likeness (QED) is 0.430. The fraction of sp³-hybridized carbons (Fsp3) is 0.333. The SMILES string of the molecule is C[C@@H]1CN([C@@H](c2ccc(Cl)cc2Cl)c2sc3nc(-c4ccco4)nn3c2O)C[C@@H](C)O1. The topological polar surface area (TPSA) is 76.0 Å². The van der Waals surface area contributed by atoms with E-state index in [2.05, 4.69) is 15.0 Å². The molecular formula is C21H20Cl2N4O3S. The van der Waals surface area contributed by atoms with Crippen LogP contribution in [0.5, 0.6) is 5.88 Å². The second kappa shape index (κ2) is 8.11. The summed E-state index contributed by atoms with van der Waals surface area (Å²) in [5.41, 5.74) is 0.860. The monoisotopic (exact) mass is 478 g/mol. The Morgan fingerprint density at radius 3 is 2.61 bits per heavy atom. The van der Waals surface area contributed by atoms with Gasteiger partial charge in [0.2, 0.25) is 16.7 Å². The molecule has 3 aromatic heterocycles. The van der Waals surface area contributed by atoms with Crippen LogP contribution < -0.4 is 0 Å². The number of aromatic hydroxyl groups is 1. The van der Waals surface area contributed by atoms with Crippen molar-refractivity contribution in [1.29, 1.82) is 0 Å². The molecule has 5 rings (SSSR count). The lowest BCUT2D eigenvalue weighted by Crippen LogP contribution is -2.47. The lowest BCUT2D eigenvalue weighted by molar-refractivity contribution is -0.0764. The van der Waals surface area contributed by atoms with Crippen LogP contribution in [0.25, 0.3) is 16.5 Å². The number of benzene rings is 1. The van der Waals surface area contributed by atoms with Crippen LogP contribution in [-0.4, -0.2) is 49.9 Å². The number of nitrogens with zero attached hydrogens (tertiary/aromatic N) is 4. The summed E-state index contributed by atoms with van der Waals surface area (Å²) in [6.07, 6.45) is 1.66. The molecule has 0 spiro atoms. The summed E-state index contributed by atoms with van der Waals surface area (Å²) < 4.78 is 12.8. The minimum absolute atomic E-state index is 0.0353. The first-order valence-electron chi connectivity index (χ1n) is 9.87. The van der Waals surface area contributed by atoms with Gasteiger partial charge in [-0.05, 0) is 43.7 Å². The van der Waals surface area contributed by atoms with E-state index in [-0.39, 0.29) is 24.1 Å². The normalized spacial score (nSPS) is 21.0. The van der Waals surface area contributed by atoms with Gasteiger partial charge in [-0.3, -0.25) is 4.90 Å². The van der Waals surface area contributed by atoms with Gasteiger partial charge in [-0.15, -0.1) is 5.10 Å². The Balaban J connectivity index is 1.63. The molecule has 3 atom stereocenters. The van der Waals surface area contributed by atoms with Crippen molar-refractivity contribution < 1.29 is 14.3 Å². The highest BCUT2D eigenvalue weighted by Gasteiger charge is 2.35. The lowest BCUT2D eigenvalue weighted by atomic mass is 10.0. The molecule has 10 heteroatoms. The van der Waals surface area contributed by atoms with Gasteiger partial charge in [0, 0.05) is 23.1 Å². The molecule has 4 heterocycles. The predicted octanol–water partition coefficient (Wildman–Crippen LogP) is 5.26. The molecule has 1 aliphatic rings. The molecule has 1 N–H and O–H groups in total. The molecule has 1 aromatic carbocycles. The van der Waals surface area contributed by atoms with Gasteiger partial charge in [0.1, 0.15) is 0 Å². The van der Waals surface area contributed by atoms with Gasteiger partial charge in [-0.1, -0.05) is 40.6 Å². The predicted molar refractivity (Wildman–Crippen MR) is 120 cm³/mol. The maximum absolute atomic E-state index is 11.2. The second-order valence-electron chi connectivity index (χ2n) is 7.68. The van der Waals surface area contributed by atoms with Crippen LogP contribution in [0.15, 0.2) is 41.0 Å². The maximum atomic E-state index is 11.2. The molecule has 1 fully saturated rings. The standard InChI is InChI=1S/C21H20Cl2N4O3S/c1-11-9-26(10-12(2)30-11)17(14-6-5-13(22)8-15(14)23)18-20(28)27-21(31-18)24-19(25-27)16-4-3-7-29-16/h3-8,11-12,17,28H,9-10H2,1-2H3/t11-,12-,17+/m1/s1. The van der Waals surface area contributed by atoms with Crippen molar-refractivity contribution in [2.75, 3.05) is 13.1 Å². The van der Waals surface area contributed by atoms with E-state index >= 15 is 0 Å². The molecule has 0 amide bonds. The molecule has 0 saturated carbocycles. The highest BCUT2D eigenvalue weighted by atomic mass is 35.5. The molecule has 162 valence electrons. The summed E-state index contributed by atoms with van der Waals surface area (Å²) in [5, 5.41) is 16.7. The Morgan fingerprint density at radius 2 is 1.97 bits per heavy atom. The van der Waals surface area contributed by atoms with E-state index < -0.39 is 0 Å². The van der Waals surface area contributed by atoms with E-state index in [1.54, 1.807) is 24.5 Å². The number of aromatic nitrogens is 3. The van der Waals surface area contributed by atoms with Gasteiger partial charge in [-0.2, -0.15) is 9.50 Å². The van der Waals surface area contributed by atoms with Gasteiger partial charge in [0.05, 0.1) is 29.4 Å². The zero-order valence-electron chi connectivity index (χ0n) is 16.8. The van der Waals surface area contributed by atoms with E-state index in [0.29, 0.717) is 44.6 Å². The summed E-state index contributed by atoms with van der Waals surface area (Å²) in [6, 6.07) is 8.70. The number of hydrogen-bond acceptors (Lipinski definition) is 7. The number of fused-ring (bicyclic) bond motifs is 1. The van der Waals surface area contributed by atoms with E-state index in [1.807, 2.05) is 26.0 Å². The van der Waals surface area contributed by atoms with Crippen LogP contribution in [0.1, 0.15) is 30.3 Å². The number of furan rings is 1. The van der Waals surface area contributed by atoms with Gasteiger partial charge >= 0.3 is 0 Å². The van der Waals surface area contributed by atoms with Crippen LogP contribution in [0.3, 0.4) is 0 Å². The summed E-state index contributed by atoms with van der Waals surface area (Å²) in [7, 11) is 0. The van der Waals surface area contributed by atoms with Crippen LogP contribution in [0, 0.1) is 0 Å². The third-order valence-corrected chi connectivity index (χ3v) is 6.89. The van der Waals surface area contributed by atoms with Gasteiger partial charge in [0.25, 0.3) is 0 Å². The van der Waals surface area contributed by atoms with Gasteiger partial charge in [0.15, 0.2) is 5.76 Å². The molecule has 0 aliphatic carbocycles. The van der Waals surface area contributed by atoms with Gasteiger partial charge < -0.3 is 14.3 Å². The van der Waals surface area contributed by atoms with Gasteiger partial charge in [-0.25, -0.2) is 0 Å². The third-order valence-electron chi connectivity index (χ3n) is 5.26. The van der Waals surface area contributed by atoms with Crippen molar-refractivity contribution in [3.8, 4) is 17.5 Å². The molecule has 31 heavy (non-hydrogen) atoms. The fourth-order valence-electron chi connectivity index (χ4n) is 4.09. The minimum Gasteiger partial charge on any atom is -0.492 e. The number of ether oxygens (including phenoxy) is 1. The Morgan fingerprint density at radius 1 is 1.19 bits per heavy atom. The van der Waals surface area contributed by atoms with Crippen LogP contribution >= 0.6 is 34.5 Å². The Kier molecular flexibility index (Phi) is 5.44. The highest BCUT2D eigenvalue weighted by molar-refractivity contribution is 7.17. The number of rotatable bonds is 4. The average molecular weight is 479 g/mol. The number of thiazole rings is 1. The summed E-state index contributed by atoms with van der Waals surface area (Å²) in [6.45, 7) is 5.47. The van der Waals surface area contributed by atoms with Crippen molar-refractivity contribution in [3.63, 3.8) is 0 Å². The third kappa shape index (κ3) is 3.83. The van der Waals surface area contributed by atoms with Crippen molar-refractivity contribution >= 4 is 39.5 Å². The van der Waals surface area contributed by atoms with Crippen molar-refractivity contribution in [2.45, 2.75) is 32.1 Å². The Hall–Kier alpha value is -2.10. The first kappa shape index (κ1) is 20.8. The molecule has 0 bridgehead atoms. The van der Waals surface area contributed by atoms with Crippen molar-refractivity contribution in [2.24, 2.45) is 0 Å². The summed E-state index contributed by atoms with van der Waals surface area (Å²) in [4.78, 5) is 8.10. The van der Waals surface area contributed by atoms with E-state index in [9.17, 15) is 5.11 Å². The fourth-order valence-corrected chi connectivity index (χ4v) is 5.71. The molecule has 1 aliphatic heterocycles. The van der Waals surface area contributed by atoms with Crippen LogP contribution in [-0.2, 0) is 4.74 Å². The summed E-state index contributed by atoms with van der Waals surface area (Å²) in [5.74, 6) is 1.01. The van der Waals surface area contributed by atoms with Crippen molar-refractivity contribution in [3.05, 3.63) is 57.1 Å². The second-order valence-corrected chi connectivity index (χ2v) is 9.53. The number of halogens is 2. The zero-order chi connectivity index (χ0) is 21.7. The molecule has 4 aromatic rings.